The molecule has 21 heavy (non-hydrogen) atoms. The lowest BCUT2D eigenvalue weighted by Crippen LogP contribution is -2.45. The van der Waals surface area contributed by atoms with Crippen molar-refractivity contribution in [2.24, 2.45) is 5.73 Å². The molecule has 110 valence electrons. The van der Waals surface area contributed by atoms with E-state index >= 15 is 0 Å². The zero-order chi connectivity index (χ0) is 15.5. The number of nitrogen functional groups attached to an aromatic ring is 1. The quantitative estimate of drug-likeness (QED) is 0.733. The molecule has 5 N–H and O–H groups in total. The first-order valence-electron chi connectivity index (χ1n) is 6.83. The van der Waals surface area contributed by atoms with E-state index in [9.17, 15) is 9.90 Å². The molecule has 2 aromatic rings. The molecule has 0 heterocycles. The van der Waals surface area contributed by atoms with E-state index in [4.69, 9.17) is 11.5 Å². The zero-order valence-corrected chi connectivity index (χ0v) is 12.0. The van der Waals surface area contributed by atoms with E-state index < -0.39 is 11.4 Å². The average Bonchev–Trinajstić information content (AvgIpc) is 2.47. The Morgan fingerprint density at radius 3 is 2.14 bits per heavy atom. The van der Waals surface area contributed by atoms with Crippen molar-refractivity contribution in [3.05, 3.63) is 65.2 Å². The van der Waals surface area contributed by atoms with Gasteiger partial charge in [-0.05, 0) is 36.6 Å². The number of benzene rings is 2. The van der Waals surface area contributed by atoms with Crippen LogP contribution in [0.3, 0.4) is 0 Å². The van der Waals surface area contributed by atoms with Crippen molar-refractivity contribution in [2.75, 3.05) is 12.3 Å². The van der Waals surface area contributed by atoms with Crippen LogP contribution in [0.2, 0.25) is 0 Å². The number of carboxylic acids is 1. The smallest absolute Gasteiger partial charge is 0.315 e. The van der Waals surface area contributed by atoms with Crippen LogP contribution >= 0.6 is 0 Å². The van der Waals surface area contributed by atoms with Crippen LogP contribution in [0.1, 0.15) is 16.7 Å². The number of aliphatic carboxylic acids is 1. The van der Waals surface area contributed by atoms with Crippen molar-refractivity contribution >= 4 is 11.7 Å². The molecule has 4 heteroatoms. The number of hydrogen-bond donors (Lipinski definition) is 3. The molecule has 2 aromatic carbocycles. The number of carboxylic acid groups (broad SMARTS) is 1. The Kier molecular flexibility index (Phi) is 4.29. The fourth-order valence-corrected chi connectivity index (χ4v) is 2.44. The highest BCUT2D eigenvalue weighted by Gasteiger charge is 2.39. The third-order valence-electron chi connectivity index (χ3n) is 3.85. The van der Waals surface area contributed by atoms with Gasteiger partial charge in [-0.25, -0.2) is 0 Å². The number of carbonyl (C=O) groups is 1. The summed E-state index contributed by atoms with van der Waals surface area (Å²) in [5.74, 6) is -0.911. The number of rotatable bonds is 5. The van der Waals surface area contributed by atoms with Crippen LogP contribution in [0.5, 0.6) is 0 Å². The summed E-state index contributed by atoms with van der Waals surface area (Å²) in [5, 5.41) is 9.76. The molecule has 0 radical (unpaired) electrons. The Bertz CT molecular complexity index is 620. The van der Waals surface area contributed by atoms with Crippen LogP contribution < -0.4 is 11.5 Å². The molecule has 0 saturated carbocycles. The number of nitrogens with two attached hydrogens (primary N) is 2. The first kappa shape index (κ1) is 15.1. The molecule has 0 aliphatic rings. The van der Waals surface area contributed by atoms with Crippen LogP contribution in [0.25, 0.3) is 0 Å². The molecule has 0 aliphatic carbocycles. The summed E-state index contributed by atoms with van der Waals surface area (Å²) in [7, 11) is 0. The normalized spacial score (nSPS) is 13.6. The highest BCUT2D eigenvalue weighted by atomic mass is 16.4. The van der Waals surface area contributed by atoms with Gasteiger partial charge < -0.3 is 16.6 Å². The fraction of sp³-hybridized carbons (Fsp3) is 0.235. The van der Waals surface area contributed by atoms with Gasteiger partial charge in [-0.15, -0.1) is 0 Å². The number of anilines is 1. The van der Waals surface area contributed by atoms with Crippen LogP contribution in [-0.2, 0) is 16.6 Å². The average molecular weight is 284 g/mol. The minimum Gasteiger partial charge on any atom is -0.481 e. The maximum Gasteiger partial charge on any atom is 0.315 e. The lowest BCUT2D eigenvalue weighted by Gasteiger charge is -2.29. The van der Waals surface area contributed by atoms with Crippen LogP contribution in [0.4, 0.5) is 5.69 Å². The molecule has 0 aromatic heterocycles. The fourth-order valence-electron chi connectivity index (χ4n) is 2.44. The summed E-state index contributed by atoms with van der Waals surface area (Å²) in [6, 6.07) is 14.7. The summed E-state index contributed by atoms with van der Waals surface area (Å²) in [5.41, 5.74) is 13.8. The standard InChI is InChI=1S/C17H20N2O2/c1-12-2-6-14(7-3-12)17(11-18,16(20)21)10-13-4-8-15(19)9-5-13/h2-9H,10-11,18-19H2,1H3,(H,20,21). The van der Waals surface area contributed by atoms with Gasteiger partial charge in [0.25, 0.3) is 0 Å². The zero-order valence-electron chi connectivity index (χ0n) is 12.0. The molecule has 0 bridgehead atoms. The molecular formula is C17H20N2O2. The third kappa shape index (κ3) is 3.06. The molecular weight excluding hydrogens is 264 g/mol. The molecule has 0 fully saturated rings. The Labute approximate surface area is 124 Å². The van der Waals surface area contributed by atoms with Gasteiger partial charge in [0.05, 0.1) is 0 Å². The Morgan fingerprint density at radius 2 is 1.67 bits per heavy atom. The number of aryl methyl sites for hydroxylation is 1. The van der Waals surface area contributed by atoms with Crippen molar-refractivity contribution in [1.82, 2.24) is 0 Å². The van der Waals surface area contributed by atoms with E-state index in [1.54, 1.807) is 12.1 Å². The summed E-state index contributed by atoms with van der Waals surface area (Å²) < 4.78 is 0. The topological polar surface area (TPSA) is 89.3 Å². The van der Waals surface area contributed by atoms with Gasteiger partial charge in [0.15, 0.2) is 0 Å². The monoisotopic (exact) mass is 284 g/mol. The lowest BCUT2D eigenvalue weighted by molar-refractivity contribution is -0.143. The minimum absolute atomic E-state index is 0.0375. The largest absolute Gasteiger partial charge is 0.481 e. The summed E-state index contributed by atoms with van der Waals surface area (Å²) in [6.07, 6.45) is 0.335. The molecule has 0 amide bonds. The van der Waals surface area contributed by atoms with Crippen molar-refractivity contribution in [2.45, 2.75) is 18.8 Å². The minimum atomic E-state index is -1.12. The maximum atomic E-state index is 11.9. The van der Waals surface area contributed by atoms with Crippen LogP contribution in [0, 0.1) is 6.92 Å². The Morgan fingerprint density at radius 1 is 1.10 bits per heavy atom. The van der Waals surface area contributed by atoms with Gasteiger partial charge in [-0.3, -0.25) is 4.79 Å². The molecule has 4 nitrogen and oxygen atoms in total. The SMILES string of the molecule is Cc1ccc(C(CN)(Cc2ccc(N)cc2)C(=O)O)cc1. The maximum absolute atomic E-state index is 11.9. The van der Waals surface area contributed by atoms with Crippen molar-refractivity contribution in [3.63, 3.8) is 0 Å². The van der Waals surface area contributed by atoms with Gasteiger partial charge in [-0.2, -0.15) is 0 Å². The second-order valence-corrected chi connectivity index (χ2v) is 5.38. The van der Waals surface area contributed by atoms with E-state index in [1.807, 2.05) is 43.3 Å². The van der Waals surface area contributed by atoms with Gasteiger partial charge in [0.2, 0.25) is 0 Å². The number of hydrogen-bond acceptors (Lipinski definition) is 3. The predicted octanol–water partition coefficient (Wildman–Crippen LogP) is 2.10. The first-order chi connectivity index (χ1) is 9.98. The second-order valence-electron chi connectivity index (χ2n) is 5.38. The van der Waals surface area contributed by atoms with E-state index in [-0.39, 0.29) is 6.54 Å². The third-order valence-corrected chi connectivity index (χ3v) is 3.85. The van der Waals surface area contributed by atoms with Crippen molar-refractivity contribution in [1.29, 1.82) is 0 Å². The Hall–Kier alpha value is -2.33. The van der Waals surface area contributed by atoms with Gasteiger partial charge in [0.1, 0.15) is 5.41 Å². The van der Waals surface area contributed by atoms with Crippen LogP contribution in [0.15, 0.2) is 48.5 Å². The molecule has 1 unspecified atom stereocenters. The van der Waals surface area contributed by atoms with Crippen molar-refractivity contribution in [3.8, 4) is 0 Å². The molecule has 0 saturated heterocycles. The lowest BCUT2D eigenvalue weighted by atomic mass is 9.75. The van der Waals surface area contributed by atoms with Crippen molar-refractivity contribution < 1.29 is 9.90 Å². The summed E-state index contributed by atoms with van der Waals surface area (Å²) in [4.78, 5) is 11.9. The van der Waals surface area contributed by atoms with E-state index in [2.05, 4.69) is 0 Å². The molecule has 2 rings (SSSR count). The highest BCUT2D eigenvalue weighted by Crippen LogP contribution is 2.29. The van der Waals surface area contributed by atoms with Gasteiger partial charge >= 0.3 is 5.97 Å². The predicted molar refractivity (Wildman–Crippen MR) is 84.1 cm³/mol. The Balaban J connectivity index is 2.44. The first-order valence-corrected chi connectivity index (χ1v) is 6.83. The summed E-state index contributed by atoms with van der Waals surface area (Å²) >= 11 is 0. The summed E-state index contributed by atoms with van der Waals surface area (Å²) in [6.45, 7) is 2.00. The highest BCUT2D eigenvalue weighted by molar-refractivity contribution is 5.82. The van der Waals surface area contributed by atoms with E-state index in [0.29, 0.717) is 12.1 Å². The van der Waals surface area contributed by atoms with E-state index in [0.717, 1.165) is 16.7 Å². The van der Waals surface area contributed by atoms with Gasteiger partial charge in [-0.1, -0.05) is 42.0 Å². The molecule has 0 spiro atoms. The molecule has 1 atom stereocenters. The van der Waals surface area contributed by atoms with E-state index in [1.165, 1.54) is 0 Å². The van der Waals surface area contributed by atoms with Crippen LogP contribution in [-0.4, -0.2) is 17.6 Å². The second kappa shape index (κ2) is 5.97. The molecule has 0 aliphatic heterocycles. The van der Waals surface area contributed by atoms with Gasteiger partial charge in [0, 0.05) is 12.2 Å².